The van der Waals surface area contributed by atoms with Crippen molar-refractivity contribution >= 4 is 17.7 Å². The Morgan fingerprint density at radius 2 is 2.15 bits per heavy atom. The lowest BCUT2D eigenvalue weighted by atomic mass is 10.1. The van der Waals surface area contributed by atoms with Crippen LogP contribution in [0.4, 0.5) is 14.5 Å². The molecule has 0 bridgehead atoms. The lowest BCUT2D eigenvalue weighted by Crippen LogP contribution is -2.09. The van der Waals surface area contributed by atoms with E-state index >= 15 is 0 Å². The summed E-state index contributed by atoms with van der Waals surface area (Å²) in [6, 6.07) is 6.71. The maximum Gasteiger partial charge on any atom is 0.248 e. The van der Waals surface area contributed by atoms with Crippen molar-refractivity contribution in [2.24, 2.45) is 0 Å². The summed E-state index contributed by atoms with van der Waals surface area (Å²) < 4.78 is 37.9. The molecular weight excluding hydrogens is 340 g/mol. The largest absolute Gasteiger partial charge is 0.493 e. The molecule has 1 amide bonds. The molecule has 0 aromatic heterocycles. The van der Waals surface area contributed by atoms with Gasteiger partial charge in [0.15, 0.2) is 0 Å². The molecule has 3 rings (SSSR count). The standard InChI is InChI=1S/C20H19F2NO3/c1-3-25-18-10-14-8-12(2)26-19(14)9-13(18)4-7-20(24)23-17-6-5-15(21)11-16(17)22/h4-7,9-12H,3,8H2,1-2H3,(H,23,24)/b7-4+/t12-/m0/s1. The Balaban J connectivity index is 1.78. The number of benzene rings is 2. The molecule has 4 nitrogen and oxygen atoms in total. The third-order valence-corrected chi connectivity index (χ3v) is 3.93. The third kappa shape index (κ3) is 4.02. The van der Waals surface area contributed by atoms with Crippen molar-refractivity contribution in [3.05, 3.63) is 59.2 Å². The molecule has 2 aromatic carbocycles. The van der Waals surface area contributed by atoms with Gasteiger partial charge in [-0.25, -0.2) is 8.78 Å². The highest BCUT2D eigenvalue weighted by Crippen LogP contribution is 2.35. The molecule has 26 heavy (non-hydrogen) atoms. The zero-order chi connectivity index (χ0) is 18.7. The molecule has 1 aliphatic rings. The van der Waals surface area contributed by atoms with E-state index in [4.69, 9.17) is 9.47 Å². The SMILES string of the molecule is CCOc1cc2c(cc1/C=C/C(=O)Nc1ccc(F)cc1F)O[C@@H](C)C2. The molecule has 1 heterocycles. The fourth-order valence-corrected chi connectivity index (χ4v) is 2.80. The van der Waals surface area contributed by atoms with Crippen LogP contribution in [0.25, 0.3) is 6.08 Å². The first kappa shape index (κ1) is 17.9. The number of hydrogen-bond donors (Lipinski definition) is 1. The molecule has 6 heteroatoms. The molecule has 1 N–H and O–H groups in total. The Bertz CT molecular complexity index is 864. The van der Waals surface area contributed by atoms with Crippen molar-refractivity contribution in [3.8, 4) is 11.5 Å². The van der Waals surface area contributed by atoms with Crippen molar-refractivity contribution in [1.82, 2.24) is 0 Å². The molecule has 136 valence electrons. The fraction of sp³-hybridized carbons (Fsp3) is 0.250. The van der Waals surface area contributed by atoms with E-state index in [1.54, 1.807) is 6.08 Å². The van der Waals surface area contributed by atoms with Gasteiger partial charge >= 0.3 is 0 Å². The molecule has 0 spiro atoms. The number of carbonyl (C=O) groups is 1. The fourth-order valence-electron chi connectivity index (χ4n) is 2.80. The maximum absolute atomic E-state index is 13.6. The smallest absolute Gasteiger partial charge is 0.248 e. The molecule has 0 aliphatic carbocycles. The maximum atomic E-state index is 13.6. The average molecular weight is 359 g/mol. The van der Waals surface area contributed by atoms with Gasteiger partial charge in [0.1, 0.15) is 29.2 Å². The van der Waals surface area contributed by atoms with Crippen LogP contribution in [0.5, 0.6) is 11.5 Å². The monoisotopic (exact) mass is 359 g/mol. The number of rotatable bonds is 5. The van der Waals surface area contributed by atoms with Crippen LogP contribution in [0.15, 0.2) is 36.4 Å². The Morgan fingerprint density at radius 3 is 2.88 bits per heavy atom. The number of hydrogen-bond acceptors (Lipinski definition) is 3. The van der Waals surface area contributed by atoms with Crippen molar-refractivity contribution in [1.29, 1.82) is 0 Å². The summed E-state index contributed by atoms with van der Waals surface area (Å²) in [5.41, 5.74) is 1.67. The summed E-state index contributed by atoms with van der Waals surface area (Å²) in [4.78, 5) is 12.0. The first-order valence-corrected chi connectivity index (χ1v) is 8.36. The minimum atomic E-state index is -0.832. The van der Waals surface area contributed by atoms with Crippen LogP contribution in [0, 0.1) is 11.6 Å². The van der Waals surface area contributed by atoms with Crippen molar-refractivity contribution in [2.75, 3.05) is 11.9 Å². The van der Waals surface area contributed by atoms with E-state index in [9.17, 15) is 13.6 Å². The van der Waals surface area contributed by atoms with Gasteiger partial charge in [0.25, 0.3) is 0 Å². The zero-order valence-corrected chi connectivity index (χ0v) is 14.5. The molecule has 1 atom stereocenters. The van der Waals surface area contributed by atoms with Gasteiger partial charge in [0, 0.05) is 29.7 Å². The summed E-state index contributed by atoms with van der Waals surface area (Å²) in [6.07, 6.45) is 3.76. The predicted molar refractivity (Wildman–Crippen MR) is 95.4 cm³/mol. The minimum absolute atomic E-state index is 0.0859. The summed E-state index contributed by atoms with van der Waals surface area (Å²) in [5, 5.41) is 2.38. The molecule has 0 unspecified atom stereocenters. The van der Waals surface area contributed by atoms with Crippen molar-refractivity contribution in [2.45, 2.75) is 26.4 Å². The second-order valence-electron chi connectivity index (χ2n) is 6.01. The number of nitrogens with one attached hydrogen (secondary N) is 1. The first-order valence-electron chi connectivity index (χ1n) is 8.36. The molecule has 0 saturated heterocycles. The number of anilines is 1. The second kappa shape index (κ2) is 7.56. The topological polar surface area (TPSA) is 47.6 Å². The van der Waals surface area contributed by atoms with Crippen LogP contribution in [-0.4, -0.2) is 18.6 Å². The van der Waals surface area contributed by atoms with Crippen LogP contribution < -0.4 is 14.8 Å². The van der Waals surface area contributed by atoms with Crippen LogP contribution in [0.1, 0.15) is 25.0 Å². The summed E-state index contributed by atoms with van der Waals surface area (Å²) in [5.74, 6) is -0.647. The number of halogens is 2. The van der Waals surface area contributed by atoms with Crippen LogP contribution in [0.3, 0.4) is 0 Å². The number of fused-ring (bicyclic) bond motifs is 1. The van der Waals surface area contributed by atoms with E-state index in [2.05, 4.69) is 5.32 Å². The van der Waals surface area contributed by atoms with Gasteiger partial charge in [-0.15, -0.1) is 0 Å². The third-order valence-electron chi connectivity index (χ3n) is 3.93. The van der Waals surface area contributed by atoms with E-state index in [0.717, 1.165) is 23.8 Å². The van der Waals surface area contributed by atoms with Crippen LogP contribution in [0.2, 0.25) is 0 Å². The highest BCUT2D eigenvalue weighted by Gasteiger charge is 2.21. The second-order valence-corrected chi connectivity index (χ2v) is 6.01. The van der Waals surface area contributed by atoms with E-state index in [1.165, 1.54) is 12.1 Å². The number of amides is 1. The lowest BCUT2D eigenvalue weighted by molar-refractivity contribution is -0.111. The van der Waals surface area contributed by atoms with Gasteiger partial charge in [-0.1, -0.05) is 0 Å². The van der Waals surface area contributed by atoms with Crippen molar-refractivity contribution in [3.63, 3.8) is 0 Å². The quantitative estimate of drug-likeness (QED) is 0.808. The molecule has 0 fully saturated rings. The van der Waals surface area contributed by atoms with E-state index in [0.29, 0.717) is 24.0 Å². The lowest BCUT2D eigenvalue weighted by Gasteiger charge is -2.10. The molecular formula is C20H19F2NO3. The number of ether oxygens (including phenoxy) is 2. The Hall–Kier alpha value is -2.89. The van der Waals surface area contributed by atoms with Crippen LogP contribution >= 0.6 is 0 Å². The molecule has 1 aliphatic heterocycles. The number of carbonyl (C=O) groups excluding carboxylic acids is 1. The average Bonchev–Trinajstić information content (AvgIpc) is 2.94. The Morgan fingerprint density at radius 1 is 1.35 bits per heavy atom. The summed E-state index contributed by atoms with van der Waals surface area (Å²) in [7, 11) is 0. The van der Waals surface area contributed by atoms with Crippen molar-refractivity contribution < 1.29 is 23.0 Å². The molecule has 0 saturated carbocycles. The molecule has 2 aromatic rings. The minimum Gasteiger partial charge on any atom is -0.493 e. The summed E-state index contributed by atoms with van der Waals surface area (Å²) >= 11 is 0. The predicted octanol–water partition coefficient (Wildman–Crippen LogP) is 4.34. The Labute approximate surface area is 150 Å². The normalized spacial score (nSPS) is 15.6. The van der Waals surface area contributed by atoms with Gasteiger partial charge in [-0.05, 0) is 44.2 Å². The molecule has 0 radical (unpaired) electrons. The highest BCUT2D eigenvalue weighted by molar-refractivity contribution is 6.02. The van der Waals surface area contributed by atoms with E-state index in [1.807, 2.05) is 26.0 Å². The van der Waals surface area contributed by atoms with Gasteiger partial charge in [0.05, 0.1) is 12.3 Å². The summed E-state index contributed by atoms with van der Waals surface area (Å²) in [6.45, 7) is 4.35. The van der Waals surface area contributed by atoms with Gasteiger partial charge in [-0.3, -0.25) is 4.79 Å². The zero-order valence-electron chi connectivity index (χ0n) is 14.5. The van der Waals surface area contributed by atoms with Crippen LogP contribution in [-0.2, 0) is 11.2 Å². The van der Waals surface area contributed by atoms with Gasteiger partial charge in [-0.2, -0.15) is 0 Å². The van der Waals surface area contributed by atoms with Gasteiger partial charge in [0.2, 0.25) is 5.91 Å². The highest BCUT2D eigenvalue weighted by atomic mass is 19.1. The Kier molecular flexibility index (Phi) is 5.21. The van der Waals surface area contributed by atoms with E-state index in [-0.39, 0.29) is 11.8 Å². The first-order chi connectivity index (χ1) is 12.5. The van der Waals surface area contributed by atoms with E-state index < -0.39 is 17.5 Å². The van der Waals surface area contributed by atoms with Gasteiger partial charge < -0.3 is 14.8 Å².